The van der Waals surface area contributed by atoms with Gasteiger partial charge in [0.15, 0.2) is 5.17 Å². The van der Waals surface area contributed by atoms with Crippen molar-refractivity contribution >= 4 is 67.6 Å². The van der Waals surface area contributed by atoms with E-state index in [1.165, 1.54) is 4.90 Å². The van der Waals surface area contributed by atoms with Crippen LogP contribution < -0.4 is 5.32 Å². The summed E-state index contributed by atoms with van der Waals surface area (Å²) in [6, 6.07) is 9.80. The monoisotopic (exact) mass is 545 g/mol. The molecular weight excluding hydrogens is 531 g/mol. The second-order valence-corrected chi connectivity index (χ2v) is 9.15. The summed E-state index contributed by atoms with van der Waals surface area (Å²) in [6.07, 6.45) is -3.30. The first-order valence-electron chi connectivity index (χ1n) is 9.18. The lowest BCUT2D eigenvalue weighted by Gasteiger charge is -2.14. The fraction of sp³-hybridized carbons (Fsp3) is 0.190. The number of carbonyl (C=O) groups is 2. The zero-order valence-corrected chi connectivity index (χ0v) is 19.5. The van der Waals surface area contributed by atoms with Crippen LogP contribution in [0.15, 0.2) is 64.6 Å². The van der Waals surface area contributed by atoms with E-state index in [1.54, 1.807) is 18.2 Å². The number of hydrogen-bond donors (Lipinski definition) is 1. The third-order valence-corrected chi connectivity index (χ3v) is 6.36. The van der Waals surface area contributed by atoms with E-state index in [0.29, 0.717) is 10.9 Å². The smallest absolute Gasteiger partial charge is 0.325 e. The SMILES string of the molecule is C=CCN1C(=O)[C@@H](CC(=O)Nc2cc(C(F)(F)F)ccc2Cl)SC1=Nc1ccc(Br)cc1. The third kappa shape index (κ3) is 5.93. The summed E-state index contributed by atoms with van der Waals surface area (Å²) in [4.78, 5) is 31.2. The van der Waals surface area contributed by atoms with Gasteiger partial charge in [-0.3, -0.25) is 14.5 Å². The fourth-order valence-corrected chi connectivity index (χ4v) is 4.41. The van der Waals surface area contributed by atoms with Crippen molar-refractivity contribution < 1.29 is 22.8 Å². The average Bonchev–Trinajstić information content (AvgIpc) is 2.99. The van der Waals surface area contributed by atoms with Gasteiger partial charge in [0.05, 0.1) is 22.0 Å². The van der Waals surface area contributed by atoms with Crippen LogP contribution in [0.1, 0.15) is 12.0 Å². The summed E-state index contributed by atoms with van der Waals surface area (Å²) in [7, 11) is 0. The highest BCUT2D eigenvalue weighted by atomic mass is 79.9. The van der Waals surface area contributed by atoms with Crippen LogP contribution in [-0.4, -0.2) is 33.7 Å². The van der Waals surface area contributed by atoms with Crippen LogP contribution in [0.25, 0.3) is 0 Å². The maximum atomic E-state index is 12.9. The van der Waals surface area contributed by atoms with Gasteiger partial charge in [0.2, 0.25) is 11.8 Å². The van der Waals surface area contributed by atoms with Crippen molar-refractivity contribution in [3.63, 3.8) is 0 Å². The lowest BCUT2D eigenvalue weighted by molar-refractivity contribution is -0.137. The van der Waals surface area contributed by atoms with Crippen LogP contribution in [-0.2, 0) is 15.8 Å². The fourth-order valence-electron chi connectivity index (χ4n) is 2.82. The summed E-state index contributed by atoms with van der Waals surface area (Å²) in [6.45, 7) is 3.85. The number of hydrogen-bond acceptors (Lipinski definition) is 4. The Morgan fingerprint density at radius 1 is 1.28 bits per heavy atom. The number of rotatable bonds is 6. The summed E-state index contributed by atoms with van der Waals surface area (Å²) < 4.78 is 39.7. The summed E-state index contributed by atoms with van der Waals surface area (Å²) in [5, 5.41) is 1.95. The average molecular weight is 547 g/mol. The van der Waals surface area contributed by atoms with E-state index in [2.05, 4.69) is 32.8 Å². The molecule has 1 heterocycles. The van der Waals surface area contributed by atoms with Crippen molar-refractivity contribution in [1.82, 2.24) is 4.90 Å². The van der Waals surface area contributed by atoms with Crippen molar-refractivity contribution in [1.29, 1.82) is 0 Å². The summed E-state index contributed by atoms with van der Waals surface area (Å²) in [5.41, 5.74) is -0.489. The van der Waals surface area contributed by atoms with Gasteiger partial charge in [-0.15, -0.1) is 6.58 Å². The van der Waals surface area contributed by atoms with Gasteiger partial charge in [0, 0.05) is 17.4 Å². The number of thioether (sulfide) groups is 1. The Labute approximate surface area is 199 Å². The van der Waals surface area contributed by atoms with Crippen molar-refractivity contribution in [3.05, 3.63) is 70.2 Å². The first kappa shape index (κ1) is 24.3. The van der Waals surface area contributed by atoms with E-state index in [0.717, 1.165) is 34.4 Å². The minimum absolute atomic E-state index is 0.0393. The van der Waals surface area contributed by atoms with E-state index >= 15 is 0 Å². The van der Waals surface area contributed by atoms with Crippen molar-refractivity contribution in [3.8, 4) is 0 Å². The molecule has 3 rings (SSSR count). The quantitative estimate of drug-likeness (QED) is 0.435. The number of carbonyl (C=O) groups excluding carboxylic acids is 2. The number of nitrogens with zero attached hydrogens (tertiary/aromatic N) is 2. The molecule has 1 aliphatic heterocycles. The lowest BCUT2D eigenvalue weighted by atomic mass is 10.2. The van der Waals surface area contributed by atoms with Crippen LogP contribution in [0, 0.1) is 0 Å². The maximum Gasteiger partial charge on any atom is 0.416 e. The standard InChI is InChI=1S/C21H16BrClF3N3O2S/c1-2-9-29-19(31)17(32-20(29)27-14-6-4-13(22)5-7-14)11-18(30)28-16-10-12(21(24,25)26)3-8-15(16)23/h2-8,10,17H,1,9,11H2,(H,28,30)/t17-/m1/s1. The molecule has 1 aliphatic rings. The molecule has 1 N–H and O–H groups in total. The number of amidine groups is 1. The topological polar surface area (TPSA) is 61.8 Å². The maximum absolute atomic E-state index is 12.9. The number of alkyl halides is 3. The van der Waals surface area contributed by atoms with E-state index in [-0.39, 0.29) is 29.6 Å². The molecule has 32 heavy (non-hydrogen) atoms. The molecule has 1 fully saturated rings. The summed E-state index contributed by atoms with van der Waals surface area (Å²) in [5.74, 6) is -0.975. The molecule has 0 unspecified atom stereocenters. The molecule has 1 saturated heterocycles. The Balaban J connectivity index is 1.75. The van der Waals surface area contributed by atoms with Crippen LogP contribution in [0.2, 0.25) is 5.02 Å². The van der Waals surface area contributed by atoms with Gasteiger partial charge in [-0.05, 0) is 42.5 Å². The van der Waals surface area contributed by atoms with Crippen LogP contribution >= 0.6 is 39.3 Å². The third-order valence-electron chi connectivity index (χ3n) is 4.32. The van der Waals surface area contributed by atoms with Crippen molar-refractivity contribution in [2.75, 3.05) is 11.9 Å². The number of amides is 2. The second-order valence-electron chi connectivity index (χ2n) is 6.66. The number of aliphatic imine (C=N–C) groups is 1. The molecule has 5 nitrogen and oxygen atoms in total. The molecule has 0 aromatic heterocycles. The van der Waals surface area contributed by atoms with Gasteiger partial charge in [0.1, 0.15) is 5.25 Å². The van der Waals surface area contributed by atoms with Crippen LogP contribution in [0.5, 0.6) is 0 Å². The molecule has 0 saturated carbocycles. The molecule has 0 aliphatic carbocycles. The normalized spacial score (nSPS) is 17.7. The van der Waals surface area contributed by atoms with E-state index in [4.69, 9.17) is 11.6 Å². The lowest BCUT2D eigenvalue weighted by Crippen LogP contribution is -2.33. The zero-order chi connectivity index (χ0) is 23.5. The van der Waals surface area contributed by atoms with E-state index in [1.807, 2.05) is 12.1 Å². The number of nitrogens with one attached hydrogen (secondary N) is 1. The van der Waals surface area contributed by atoms with Gasteiger partial charge in [-0.1, -0.05) is 45.4 Å². The largest absolute Gasteiger partial charge is 0.416 e. The van der Waals surface area contributed by atoms with E-state index in [9.17, 15) is 22.8 Å². The van der Waals surface area contributed by atoms with Gasteiger partial charge in [0.25, 0.3) is 0 Å². The molecule has 0 spiro atoms. The van der Waals surface area contributed by atoms with Crippen LogP contribution in [0.3, 0.4) is 0 Å². The number of halogens is 5. The molecule has 168 valence electrons. The van der Waals surface area contributed by atoms with Crippen LogP contribution in [0.4, 0.5) is 24.5 Å². The van der Waals surface area contributed by atoms with Gasteiger partial charge in [-0.25, -0.2) is 4.99 Å². The molecule has 2 amide bonds. The van der Waals surface area contributed by atoms with Gasteiger partial charge < -0.3 is 5.32 Å². The number of benzene rings is 2. The van der Waals surface area contributed by atoms with Crippen molar-refractivity contribution in [2.24, 2.45) is 4.99 Å². The Morgan fingerprint density at radius 2 is 1.97 bits per heavy atom. The van der Waals surface area contributed by atoms with Gasteiger partial charge in [-0.2, -0.15) is 13.2 Å². The Morgan fingerprint density at radius 3 is 2.59 bits per heavy atom. The zero-order valence-electron chi connectivity index (χ0n) is 16.3. The highest BCUT2D eigenvalue weighted by Gasteiger charge is 2.39. The Bertz CT molecular complexity index is 1080. The minimum atomic E-state index is -4.58. The highest BCUT2D eigenvalue weighted by molar-refractivity contribution is 9.10. The Hall–Kier alpha value is -2.30. The predicted octanol–water partition coefficient (Wildman–Crippen LogP) is 6.27. The van der Waals surface area contributed by atoms with E-state index < -0.39 is 22.9 Å². The van der Waals surface area contributed by atoms with Gasteiger partial charge >= 0.3 is 6.18 Å². The molecule has 2 aromatic rings. The highest BCUT2D eigenvalue weighted by Crippen LogP contribution is 2.35. The predicted molar refractivity (Wildman–Crippen MR) is 124 cm³/mol. The molecule has 0 bridgehead atoms. The molecule has 11 heteroatoms. The minimum Gasteiger partial charge on any atom is -0.325 e. The number of anilines is 1. The molecule has 2 aromatic carbocycles. The second kappa shape index (κ2) is 10.1. The first-order valence-corrected chi connectivity index (χ1v) is 11.2. The molecular formula is C21H16BrClF3N3O2S. The first-order chi connectivity index (χ1) is 15.1. The molecule has 1 atom stereocenters. The molecule has 0 radical (unpaired) electrons. The van der Waals surface area contributed by atoms with Crippen molar-refractivity contribution in [2.45, 2.75) is 17.8 Å². The summed E-state index contributed by atoms with van der Waals surface area (Å²) >= 11 is 10.4. The Kier molecular flexibility index (Phi) is 7.68.